The van der Waals surface area contributed by atoms with Crippen LogP contribution < -0.4 is 5.73 Å². The van der Waals surface area contributed by atoms with Crippen LogP contribution in [0.15, 0.2) is 24.9 Å². The van der Waals surface area contributed by atoms with Gasteiger partial charge in [0.1, 0.15) is 9.52 Å². The Hall–Kier alpha value is -2.15. The van der Waals surface area contributed by atoms with Crippen molar-refractivity contribution in [2.24, 2.45) is 0 Å². The number of likely N-dealkylation sites (tertiary alicyclic amines) is 1. The molecule has 0 aliphatic carbocycles. The normalized spacial score (nSPS) is 20.6. The number of pyridine rings is 1. The fraction of sp³-hybridized carbons (Fsp3) is 0.333. The Labute approximate surface area is 146 Å². The van der Waals surface area contributed by atoms with Gasteiger partial charge in [-0.05, 0) is 41.2 Å². The smallest absolute Gasteiger partial charge is 0.246 e. The third kappa shape index (κ3) is 2.65. The van der Waals surface area contributed by atoms with Crippen LogP contribution in [0.5, 0.6) is 0 Å². The average Bonchev–Trinajstić information content (AvgIpc) is 3.09. The molecule has 1 amide bonds. The van der Waals surface area contributed by atoms with Crippen molar-refractivity contribution in [3.8, 4) is 6.07 Å². The topological polar surface area (TPSA) is 101 Å². The molecule has 2 aromatic heterocycles. The maximum absolute atomic E-state index is 12.0. The summed E-state index contributed by atoms with van der Waals surface area (Å²) in [6.45, 7) is 4.05. The Kier molecular flexibility index (Phi) is 4.21. The number of nitrogens with two attached hydrogens (primary N) is 1. The summed E-state index contributed by atoms with van der Waals surface area (Å²) < 4.78 is 2.68. The molecule has 8 heteroatoms. The van der Waals surface area contributed by atoms with Gasteiger partial charge in [-0.1, -0.05) is 6.58 Å². The van der Waals surface area contributed by atoms with Gasteiger partial charge in [0.2, 0.25) is 5.91 Å². The van der Waals surface area contributed by atoms with E-state index in [4.69, 9.17) is 11.0 Å². The zero-order chi connectivity index (χ0) is 16.6. The lowest BCUT2D eigenvalue weighted by atomic mass is 10.1. The molecule has 7 nitrogen and oxygen atoms in total. The van der Waals surface area contributed by atoms with E-state index in [0.717, 1.165) is 14.6 Å². The van der Waals surface area contributed by atoms with Gasteiger partial charge in [-0.25, -0.2) is 4.98 Å². The number of nitriles is 1. The number of carbonyl (C=O) groups excluding carboxylic acids is 1. The number of aromatic nitrogens is 3. The highest BCUT2D eigenvalue weighted by Gasteiger charge is 2.36. The van der Waals surface area contributed by atoms with Gasteiger partial charge in [0, 0.05) is 18.8 Å². The molecule has 3 rings (SSSR count). The number of fused-ring (bicyclic) bond motifs is 1. The van der Waals surface area contributed by atoms with Crippen LogP contribution in [0.3, 0.4) is 0 Å². The summed E-state index contributed by atoms with van der Waals surface area (Å²) in [5, 5.41) is 14.4. The van der Waals surface area contributed by atoms with Crippen LogP contribution in [-0.2, 0) is 4.79 Å². The molecule has 1 fully saturated rings. The molecule has 1 aliphatic rings. The molecule has 23 heavy (non-hydrogen) atoms. The Morgan fingerprint density at radius 2 is 2.43 bits per heavy atom. The van der Waals surface area contributed by atoms with Crippen molar-refractivity contribution in [3.05, 3.63) is 28.6 Å². The van der Waals surface area contributed by atoms with Crippen LogP contribution >= 0.6 is 22.6 Å². The van der Waals surface area contributed by atoms with Gasteiger partial charge in [0.25, 0.3) is 0 Å². The zero-order valence-corrected chi connectivity index (χ0v) is 14.5. The van der Waals surface area contributed by atoms with Gasteiger partial charge in [-0.2, -0.15) is 10.4 Å². The predicted octanol–water partition coefficient (Wildman–Crippen LogP) is 1.86. The van der Waals surface area contributed by atoms with E-state index in [9.17, 15) is 4.79 Å². The minimum atomic E-state index is -0.153. The van der Waals surface area contributed by atoms with Crippen molar-refractivity contribution >= 4 is 45.2 Å². The quantitative estimate of drug-likeness (QED) is 0.601. The van der Waals surface area contributed by atoms with E-state index >= 15 is 0 Å². The van der Waals surface area contributed by atoms with Crippen LogP contribution in [0.4, 0.5) is 5.82 Å². The van der Waals surface area contributed by atoms with Crippen molar-refractivity contribution < 1.29 is 4.79 Å². The molecule has 0 aromatic carbocycles. The maximum Gasteiger partial charge on any atom is 0.246 e. The summed E-state index contributed by atoms with van der Waals surface area (Å²) in [5.74, 6) is 0.295. The molecule has 1 saturated heterocycles. The van der Waals surface area contributed by atoms with E-state index in [1.807, 2.05) is 10.7 Å². The van der Waals surface area contributed by atoms with Crippen molar-refractivity contribution in [1.82, 2.24) is 19.7 Å². The van der Waals surface area contributed by atoms with Gasteiger partial charge in [-0.3, -0.25) is 9.48 Å². The Morgan fingerprint density at radius 3 is 3.13 bits per heavy atom. The highest BCUT2D eigenvalue weighted by molar-refractivity contribution is 14.1. The third-order valence-corrected chi connectivity index (χ3v) is 4.88. The zero-order valence-electron chi connectivity index (χ0n) is 12.3. The van der Waals surface area contributed by atoms with Gasteiger partial charge < -0.3 is 10.6 Å². The molecule has 0 bridgehead atoms. The second kappa shape index (κ2) is 6.16. The fourth-order valence-electron chi connectivity index (χ4n) is 3.10. The SMILES string of the molecule is C=CC(=O)N1C[C@@H](n2nc(I)c3c(N)nccc32)C[C@@H]1CC#N. The van der Waals surface area contributed by atoms with Crippen LogP contribution in [0.25, 0.3) is 10.9 Å². The van der Waals surface area contributed by atoms with Crippen LogP contribution in [0.2, 0.25) is 0 Å². The summed E-state index contributed by atoms with van der Waals surface area (Å²) in [6.07, 6.45) is 3.93. The van der Waals surface area contributed by atoms with Gasteiger partial charge in [-0.15, -0.1) is 0 Å². The van der Waals surface area contributed by atoms with Crippen molar-refractivity contribution in [2.75, 3.05) is 12.3 Å². The first kappa shape index (κ1) is 15.7. The second-order valence-electron chi connectivity index (χ2n) is 5.43. The number of carbonyl (C=O) groups is 1. The average molecular weight is 422 g/mol. The van der Waals surface area contributed by atoms with Crippen molar-refractivity contribution in [2.45, 2.75) is 24.9 Å². The molecular formula is C15H15IN6O. The van der Waals surface area contributed by atoms with Gasteiger partial charge >= 0.3 is 0 Å². The molecule has 118 valence electrons. The summed E-state index contributed by atoms with van der Waals surface area (Å²) in [4.78, 5) is 17.8. The van der Waals surface area contributed by atoms with Crippen LogP contribution in [0.1, 0.15) is 18.9 Å². The fourth-order valence-corrected chi connectivity index (χ4v) is 3.89. The van der Waals surface area contributed by atoms with E-state index < -0.39 is 0 Å². The van der Waals surface area contributed by atoms with Crippen LogP contribution in [0, 0.1) is 15.0 Å². The monoisotopic (exact) mass is 422 g/mol. The van der Waals surface area contributed by atoms with Crippen LogP contribution in [-0.4, -0.2) is 38.2 Å². The van der Waals surface area contributed by atoms with E-state index in [0.29, 0.717) is 25.2 Å². The minimum absolute atomic E-state index is 0.00469. The summed E-state index contributed by atoms with van der Waals surface area (Å²) in [7, 11) is 0. The molecule has 1 aliphatic heterocycles. The lowest BCUT2D eigenvalue weighted by Gasteiger charge is -2.20. The Bertz CT molecular complexity index is 823. The lowest BCUT2D eigenvalue weighted by molar-refractivity contribution is -0.126. The second-order valence-corrected chi connectivity index (χ2v) is 6.45. The van der Waals surface area contributed by atoms with Gasteiger partial charge in [0.05, 0.1) is 29.4 Å². The molecular weight excluding hydrogens is 407 g/mol. The molecule has 0 unspecified atom stereocenters. The Morgan fingerprint density at radius 1 is 1.65 bits per heavy atom. The van der Waals surface area contributed by atoms with Gasteiger partial charge in [0.15, 0.2) is 0 Å². The number of anilines is 1. The van der Waals surface area contributed by atoms with E-state index in [2.05, 4.69) is 45.3 Å². The van der Waals surface area contributed by atoms with E-state index in [1.54, 1.807) is 11.1 Å². The highest BCUT2D eigenvalue weighted by atomic mass is 127. The maximum atomic E-state index is 12.0. The molecule has 2 atom stereocenters. The molecule has 3 heterocycles. The summed E-state index contributed by atoms with van der Waals surface area (Å²) in [5.41, 5.74) is 6.85. The van der Waals surface area contributed by atoms with Crippen molar-refractivity contribution in [3.63, 3.8) is 0 Å². The lowest BCUT2D eigenvalue weighted by Crippen LogP contribution is -2.34. The largest absolute Gasteiger partial charge is 0.383 e. The molecule has 2 N–H and O–H groups in total. The number of halogens is 1. The van der Waals surface area contributed by atoms with E-state index in [-0.39, 0.29) is 18.0 Å². The number of amides is 1. The first-order valence-electron chi connectivity index (χ1n) is 7.15. The predicted molar refractivity (Wildman–Crippen MR) is 94.2 cm³/mol. The Balaban J connectivity index is 2.00. The molecule has 0 radical (unpaired) electrons. The first-order valence-corrected chi connectivity index (χ1v) is 8.22. The molecule has 0 saturated carbocycles. The number of hydrogen-bond acceptors (Lipinski definition) is 5. The van der Waals surface area contributed by atoms with E-state index in [1.165, 1.54) is 6.08 Å². The number of rotatable bonds is 3. The molecule has 2 aromatic rings. The number of nitrogens with zero attached hydrogens (tertiary/aromatic N) is 5. The summed E-state index contributed by atoms with van der Waals surface area (Å²) in [6, 6.07) is 3.91. The summed E-state index contributed by atoms with van der Waals surface area (Å²) >= 11 is 2.14. The molecule has 0 spiro atoms. The third-order valence-electron chi connectivity index (χ3n) is 4.13. The number of hydrogen-bond donors (Lipinski definition) is 1. The highest BCUT2D eigenvalue weighted by Crippen LogP contribution is 2.33. The standard InChI is InChI=1S/C15H15IN6O/c1-2-12(23)21-8-10(7-9(21)3-5-17)22-11-4-6-19-15(18)13(11)14(16)20-22/h2,4,6,9-10H,1,3,7-8H2,(H2,18,19)/t9-,10-/m0/s1. The number of nitrogen functional groups attached to an aromatic ring is 1. The first-order chi connectivity index (χ1) is 11.1. The minimum Gasteiger partial charge on any atom is -0.383 e. The van der Waals surface area contributed by atoms with Crippen molar-refractivity contribution in [1.29, 1.82) is 5.26 Å².